The molecule has 2 aliphatic rings. The zero-order chi connectivity index (χ0) is 22.2. The highest BCUT2D eigenvalue weighted by Gasteiger charge is 2.37. The van der Waals surface area contributed by atoms with Crippen molar-refractivity contribution in [1.82, 2.24) is 15.6 Å². The van der Waals surface area contributed by atoms with Crippen molar-refractivity contribution in [2.24, 2.45) is 0 Å². The number of nitrogens with zero attached hydrogens (tertiary/aromatic N) is 2. The summed E-state index contributed by atoms with van der Waals surface area (Å²) in [5.74, 6) is 0.574. The highest BCUT2D eigenvalue weighted by atomic mass is 79.9. The molecule has 0 aliphatic carbocycles. The molecule has 1 aromatic heterocycles. The number of carbonyl (C=O) groups excluding carboxylic acids is 2. The molecule has 3 heterocycles. The van der Waals surface area contributed by atoms with Crippen LogP contribution in [0.1, 0.15) is 27.5 Å². The first-order valence-corrected chi connectivity index (χ1v) is 10.8. The van der Waals surface area contributed by atoms with Gasteiger partial charge in [-0.3, -0.25) is 9.78 Å². The van der Waals surface area contributed by atoms with Gasteiger partial charge in [0, 0.05) is 29.1 Å². The summed E-state index contributed by atoms with van der Waals surface area (Å²) in [6.07, 6.45) is 3.21. The fourth-order valence-electron chi connectivity index (χ4n) is 4.16. The number of benzene rings is 2. The van der Waals surface area contributed by atoms with E-state index in [1.54, 1.807) is 36.5 Å². The van der Waals surface area contributed by atoms with Crippen molar-refractivity contribution >= 4 is 39.3 Å². The predicted octanol–water partition coefficient (Wildman–Crippen LogP) is 4.28. The smallest absolute Gasteiger partial charge is 0.320 e. The van der Waals surface area contributed by atoms with Gasteiger partial charge in [-0.1, -0.05) is 24.3 Å². The minimum absolute atomic E-state index is 0.127. The molecule has 32 heavy (non-hydrogen) atoms. The summed E-state index contributed by atoms with van der Waals surface area (Å²) in [7, 11) is 1.60. The molecule has 0 saturated heterocycles. The predicted molar refractivity (Wildman–Crippen MR) is 124 cm³/mol. The monoisotopic (exact) mass is 490 g/mol. The first-order chi connectivity index (χ1) is 15.6. The fraction of sp³-hybridized carbons (Fsp3) is 0.125. The topological polar surface area (TPSA) is 83.6 Å². The van der Waals surface area contributed by atoms with Crippen molar-refractivity contribution in [3.8, 4) is 5.75 Å². The zero-order valence-electron chi connectivity index (χ0n) is 17.1. The molecule has 3 aromatic rings. The first kappa shape index (κ1) is 20.3. The third-order valence-corrected chi connectivity index (χ3v) is 6.28. The van der Waals surface area contributed by atoms with Crippen LogP contribution in [0.25, 0.3) is 5.70 Å². The fourth-order valence-corrected chi connectivity index (χ4v) is 4.72. The molecule has 2 aliphatic heterocycles. The summed E-state index contributed by atoms with van der Waals surface area (Å²) in [6.45, 7) is 0.328. The first-order valence-electron chi connectivity index (χ1n) is 10.0. The van der Waals surface area contributed by atoms with Gasteiger partial charge in [-0.05, 0) is 51.8 Å². The Bertz CT molecular complexity index is 1260. The summed E-state index contributed by atoms with van der Waals surface area (Å²) >= 11 is 3.53. The van der Waals surface area contributed by atoms with Crippen LogP contribution >= 0.6 is 15.9 Å². The van der Waals surface area contributed by atoms with E-state index in [1.807, 2.05) is 42.5 Å². The molecule has 2 aromatic carbocycles. The Morgan fingerprint density at radius 1 is 1.16 bits per heavy atom. The third kappa shape index (κ3) is 3.42. The van der Waals surface area contributed by atoms with Crippen LogP contribution in [0.3, 0.4) is 0 Å². The highest BCUT2D eigenvalue weighted by Crippen LogP contribution is 2.41. The van der Waals surface area contributed by atoms with E-state index >= 15 is 0 Å². The third-order valence-electron chi connectivity index (χ3n) is 5.66. The highest BCUT2D eigenvalue weighted by molar-refractivity contribution is 9.10. The summed E-state index contributed by atoms with van der Waals surface area (Å²) in [6, 6.07) is 16.0. The Balaban J connectivity index is 1.63. The van der Waals surface area contributed by atoms with Crippen molar-refractivity contribution < 1.29 is 14.3 Å². The molecule has 5 rings (SSSR count). The number of methoxy groups -OCH3 is 1. The van der Waals surface area contributed by atoms with Crippen LogP contribution in [0.15, 0.2) is 77.0 Å². The van der Waals surface area contributed by atoms with E-state index in [4.69, 9.17) is 4.74 Å². The van der Waals surface area contributed by atoms with E-state index in [9.17, 15) is 9.59 Å². The number of rotatable bonds is 3. The molecule has 160 valence electrons. The Morgan fingerprint density at radius 2 is 1.94 bits per heavy atom. The summed E-state index contributed by atoms with van der Waals surface area (Å²) in [5, 5.41) is 5.96. The van der Waals surface area contributed by atoms with Gasteiger partial charge >= 0.3 is 6.03 Å². The second-order valence-corrected chi connectivity index (χ2v) is 8.32. The molecule has 1 unspecified atom stereocenters. The van der Waals surface area contributed by atoms with Crippen LogP contribution in [-0.2, 0) is 0 Å². The second kappa shape index (κ2) is 8.12. The number of hydrogen-bond acceptors (Lipinski definition) is 4. The number of hydrogen-bond donors (Lipinski definition) is 2. The number of ether oxygens (including phenoxy) is 1. The Labute approximate surface area is 193 Å². The van der Waals surface area contributed by atoms with Gasteiger partial charge in [0.1, 0.15) is 5.75 Å². The van der Waals surface area contributed by atoms with Crippen LogP contribution in [0, 0.1) is 0 Å². The lowest BCUT2D eigenvalue weighted by Crippen LogP contribution is -2.49. The minimum atomic E-state index is -0.401. The van der Waals surface area contributed by atoms with Gasteiger partial charge < -0.3 is 20.3 Å². The molecule has 0 saturated carbocycles. The van der Waals surface area contributed by atoms with E-state index in [-0.39, 0.29) is 11.9 Å². The SMILES string of the molecule is COc1ccc(C2NC(=O)NC3=C2CN(C(=O)c2ccncc2)c2ccccc23)cc1Br. The van der Waals surface area contributed by atoms with Crippen LogP contribution in [-0.4, -0.2) is 30.6 Å². The molecule has 2 N–H and O–H groups in total. The van der Waals surface area contributed by atoms with Crippen molar-refractivity contribution in [1.29, 1.82) is 0 Å². The molecule has 3 amide bonds. The minimum Gasteiger partial charge on any atom is -0.496 e. The summed E-state index contributed by atoms with van der Waals surface area (Å²) in [4.78, 5) is 31.8. The summed E-state index contributed by atoms with van der Waals surface area (Å²) in [5.41, 5.74) is 4.64. The van der Waals surface area contributed by atoms with Crippen LogP contribution in [0.4, 0.5) is 10.5 Å². The van der Waals surface area contributed by atoms with E-state index in [0.29, 0.717) is 17.9 Å². The number of pyridine rings is 1. The molecular weight excluding hydrogens is 472 g/mol. The van der Waals surface area contributed by atoms with Crippen LogP contribution in [0.5, 0.6) is 5.75 Å². The number of aromatic nitrogens is 1. The van der Waals surface area contributed by atoms with Gasteiger partial charge in [0.2, 0.25) is 0 Å². The molecule has 0 spiro atoms. The van der Waals surface area contributed by atoms with Gasteiger partial charge in [-0.2, -0.15) is 0 Å². The largest absolute Gasteiger partial charge is 0.496 e. The number of urea groups is 1. The van der Waals surface area contributed by atoms with Crippen molar-refractivity contribution in [2.45, 2.75) is 6.04 Å². The Kier molecular flexibility index (Phi) is 5.14. The molecule has 1 atom stereocenters. The number of fused-ring (bicyclic) bond motifs is 2. The van der Waals surface area contributed by atoms with Crippen molar-refractivity contribution in [3.05, 3.63) is 93.7 Å². The van der Waals surface area contributed by atoms with Gasteiger partial charge in [-0.25, -0.2) is 4.79 Å². The molecular formula is C24H19BrN4O3. The van der Waals surface area contributed by atoms with Crippen LogP contribution < -0.4 is 20.3 Å². The maximum absolute atomic E-state index is 13.4. The average Bonchev–Trinajstić information content (AvgIpc) is 2.83. The quantitative estimate of drug-likeness (QED) is 0.573. The molecule has 8 heteroatoms. The standard InChI is InChI=1S/C24H19BrN4O3/c1-32-20-7-6-15(12-18(20)25)21-17-13-29(23(30)14-8-10-26-11-9-14)19-5-3-2-4-16(19)22(17)28-24(31)27-21/h2-12,21H,13H2,1H3,(H2,27,28,31). The maximum Gasteiger partial charge on any atom is 0.320 e. The number of halogens is 1. The molecule has 0 fully saturated rings. The summed E-state index contributed by atoms with van der Waals surface area (Å²) < 4.78 is 6.13. The maximum atomic E-state index is 13.4. The zero-order valence-corrected chi connectivity index (χ0v) is 18.7. The lowest BCUT2D eigenvalue weighted by Gasteiger charge is -2.39. The molecule has 7 nitrogen and oxygen atoms in total. The van der Waals surface area contributed by atoms with E-state index < -0.39 is 6.04 Å². The molecule has 0 radical (unpaired) electrons. The van der Waals surface area contributed by atoms with E-state index in [0.717, 1.165) is 32.6 Å². The average molecular weight is 491 g/mol. The van der Waals surface area contributed by atoms with Crippen molar-refractivity contribution in [2.75, 3.05) is 18.6 Å². The Morgan fingerprint density at radius 3 is 2.69 bits per heavy atom. The van der Waals surface area contributed by atoms with E-state index in [1.165, 1.54) is 0 Å². The van der Waals surface area contributed by atoms with E-state index in [2.05, 4.69) is 31.5 Å². The normalized spacial score (nSPS) is 17.1. The van der Waals surface area contributed by atoms with Gasteiger partial charge in [0.25, 0.3) is 5.91 Å². The number of anilines is 1. The number of para-hydroxylation sites is 1. The van der Waals surface area contributed by atoms with Gasteiger partial charge in [-0.15, -0.1) is 0 Å². The lowest BCUT2D eigenvalue weighted by atomic mass is 9.88. The van der Waals surface area contributed by atoms with Gasteiger partial charge in [0.15, 0.2) is 0 Å². The second-order valence-electron chi connectivity index (χ2n) is 7.47. The number of carbonyl (C=O) groups is 2. The molecule has 0 bridgehead atoms. The number of amides is 3. The van der Waals surface area contributed by atoms with Gasteiger partial charge in [0.05, 0.1) is 35.6 Å². The van der Waals surface area contributed by atoms with Crippen LogP contribution in [0.2, 0.25) is 0 Å². The van der Waals surface area contributed by atoms with Crippen molar-refractivity contribution in [3.63, 3.8) is 0 Å². The number of nitrogens with one attached hydrogen (secondary N) is 2. The Hall–Kier alpha value is -3.65. The lowest BCUT2D eigenvalue weighted by molar-refractivity contribution is 0.0988.